The van der Waals surface area contributed by atoms with E-state index in [-0.39, 0.29) is 15.3 Å². The number of ether oxygens (including phenoxy) is 1. The van der Waals surface area contributed by atoms with Crippen molar-refractivity contribution in [3.63, 3.8) is 0 Å². The average Bonchev–Trinajstić information content (AvgIpc) is 2.62. The molecule has 2 aromatic rings. The highest BCUT2D eigenvalue weighted by Gasteiger charge is 2.32. The molecule has 0 saturated carbocycles. The van der Waals surface area contributed by atoms with Crippen LogP contribution in [0.3, 0.4) is 0 Å². The molecule has 2 aromatic carbocycles. The van der Waals surface area contributed by atoms with Crippen molar-refractivity contribution in [3.05, 3.63) is 70.9 Å². The Kier molecular flexibility index (Phi) is 5.43. The number of carbonyl (C=O) groups is 1. The highest BCUT2D eigenvalue weighted by Crippen LogP contribution is 2.16. The van der Waals surface area contributed by atoms with E-state index >= 15 is 0 Å². The second-order valence-corrected chi connectivity index (χ2v) is 7.18. The van der Waals surface area contributed by atoms with Crippen molar-refractivity contribution in [3.8, 4) is 0 Å². The highest BCUT2D eigenvalue weighted by molar-refractivity contribution is 7.89. The molecule has 0 N–H and O–H groups in total. The predicted octanol–water partition coefficient (Wildman–Crippen LogP) is 1.70. The first-order valence-corrected chi connectivity index (χ1v) is 8.76. The largest absolute Gasteiger partial charge is 0.595 e. The predicted molar refractivity (Wildman–Crippen MR) is 92.3 cm³/mol. The van der Waals surface area contributed by atoms with Gasteiger partial charge in [-0.05, 0) is 31.2 Å². The molecule has 0 atom stereocenters. The molecule has 132 valence electrons. The van der Waals surface area contributed by atoms with Crippen LogP contribution in [0, 0.1) is 12.1 Å². The minimum Gasteiger partial charge on any atom is -0.595 e. The lowest BCUT2D eigenvalue weighted by molar-refractivity contribution is -0.593. The van der Waals surface area contributed by atoms with E-state index in [1.165, 1.54) is 24.3 Å². The van der Waals surface area contributed by atoms with Gasteiger partial charge in [0.1, 0.15) is 0 Å². The molecular weight excluding hydrogens is 344 g/mol. The van der Waals surface area contributed by atoms with Crippen LogP contribution in [0.2, 0.25) is 0 Å². The standard InChI is InChI=1S/C17H18N2O5S/c1-13-9-11-15(12-10-13)25(22,23)18(2)19(21)16(17(20)24-3)14-7-5-4-6-8-14/h4-12H,1-3H3/b19-16+. The van der Waals surface area contributed by atoms with Crippen molar-refractivity contribution in [2.75, 3.05) is 14.2 Å². The summed E-state index contributed by atoms with van der Waals surface area (Å²) in [7, 11) is -1.94. The zero-order valence-corrected chi connectivity index (χ0v) is 14.9. The number of nitrogens with zero attached hydrogens (tertiary/aromatic N) is 2. The van der Waals surface area contributed by atoms with Gasteiger partial charge in [0, 0.05) is 0 Å². The van der Waals surface area contributed by atoms with Crippen LogP contribution in [0.15, 0.2) is 59.5 Å². The third-order valence-electron chi connectivity index (χ3n) is 3.54. The van der Waals surface area contributed by atoms with Crippen LogP contribution in [-0.4, -0.2) is 43.5 Å². The number of esters is 1. The Balaban J connectivity index is 2.56. The summed E-state index contributed by atoms with van der Waals surface area (Å²) in [5.74, 6) is -0.938. The number of sulfonamides is 1. The van der Waals surface area contributed by atoms with Gasteiger partial charge >= 0.3 is 21.7 Å². The molecule has 0 spiro atoms. The summed E-state index contributed by atoms with van der Waals surface area (Å²) in [5, 5.41) is 12.7. The zero-order valence-electron chi connectivity index (χ0n) is 14.0. The molecule has 8 heteroatoms. The van der Waals surface area contributed by atoms with Gasteiger partial charge in [0.05, 0.1) is 24.6 Å². The van der Waals surface area contributed by atoms with Crippen LogP contribution in [0.4, 0.5) is 0 Å². The molecule has 2 rings (SSSR count). The Bertz CT molecular complexity index is 890. The first-order valence-electron chi connectivity index (χ1n) is 7.32. The van der Waals surface area contributed by atoms with Crippen molar-refractivity contribution in [1.29, 1.82) is 0 Å². The van der Waals surface area contributed by atoms with Gasteiger partial charge in [-0.1, -0.05) is 45.2 Å². The lowest BCUT2D eigenvalue weighted by Crippen LogP contribution is -2.40. The van der Waals surface area contributed by atoms with Crippen molar-refractivity contribution in [2.24, 2.45) is 0 Å². The Morgan fingerprint density at radius 2 is 1.64 bits per heavy atom. The SMILES string of the molecule is COC(=O)/C(c1ccccc1)=[N+](/[O-])N(C)S(=O)(=O)c1ccc(C)cc1. The number of rotatable bonds is 5. The summed E-state index contributed by atoms with van der Waals surface area (Å²) < 4.78 is 30.4. The maximum atomic E-state index is 12.7. The van der Waals surface area contributed by atoms with Crippen LogP contribution in [0.25, 0.3) is 0 Å². The summed E-state index contributed by atoms with van der Waals surface area (Å²) >= 11 is 0. The first-order chi connectivity index (χ1) is 11.8. The van der Waals surface area contributed by atoms with Gasteiger partial charge in [-0.25, -0.2) is 4.79 Å². The van der Waals surface area contributed by atoms with Crippen LogP contribution >= 0.6 is 0 Å². The van der Waals surface area contributed by atoms with Crippen LogP contribution in [-0.2, 0) is 19.6 Å². The molecular formula is C17H18N2O5S. The van der Waals surface area contributed by atoms with Gasteiger partial charge in [0.15, 0.2) is 0 Å². The molecule has 0 radical (unpaired) electrons. The monoisotopic (exact) mass is 362 g/mol. The molecule has 0 saturated heterocycles. The van der Waals surface area contributed by atoms with E-state index in [0.29, 0.717) is 4.41 Å². The van der Waals surface area contributed by atoms with Crippen LogP contribution in [0.5, 0.6) is 0 Å². The number of carbonyl (C=O) groups excluding carboxylic acids is 1. The van der Waals surface area contributed by atoms with E-state index in [2.05, 4.69) is 4.74 Å². The molecule has 0 aliphatic heterocycles. The molecule has 0 aliphatic carbocycles. The van der Waals surface area contributed by atoms with Gasteiger partial charge in [-0.3, -0.25) is 0 Å². The van der Waals surface area contributed by atoms with Crippen LogP contribution < -0.4 is 0 Å². The van der Waals surface area contributed by atoms with Crippen molar-refractivity contribution >= 4 is 21.7 Å². The second-order valence-electron chi connectivity index (χ2n) is 5.23. The zero-order chi connectivity index (χ0) is 18.6. The van der Waals surface area contributed by atoms with Gasteiger partial charge in [0.25, 0.3) is 0 Å². The quantitative estimate of drug-likeness (QED) is 0.265. The molecule has 0 unspecified atom stereocenters. The molecule has 0 amide bonds. The number of hydrogen-bond acceptors (Lipinski definition) is 5. The molecule has 0 fully saturated rings. The molecule has 0 bridgehead atoms. The van der Waals surface area contributed by atoms with Crippen molar-refractivity contribution < 1.29 is 22.8 Å². The third kappa shape index (κ3) is 3.80. The number of benzene rings is 2. The third-order valence-corrected chi connectivity index (χ3v) is 5.25. The molecule has 0 heterocycles. The van der Waals surface area contributed by atoms with E-state index in [1.54, 1.807) is 30.3 Å². The molecule has 25 heavy (non-hydrogen) atoms. The number of hydrazone groups is 1. The Hall–Kier alpha value is -2.87. The molecule has 0 aliphatic rings. The van der Waals surface area contributed by atoms with Gasteiger partial charge < -0.3 is 9.94 Å². The summed E-state index contributed by atoms with van der Waals surface area (Å²) in [6.07, 6.45) is 0. The fourth-order valence-corrected chi connectivity index (χ4v) is 3.16. The summed E-state index contributed by atoms with van der Waals surface area (Å²) in [5.41, 5.74) is 0.697. The summed E-state index contributed by atoms with van der Waals surface area (Å²) in [4.78, 5) is 12.0. The van der Waals surface area contributed by atoms with Crippen LogP contribution in [0.1, 0.15) is 11.1 Å². The first kappa shape index (κ1) is 18.5. The fraction of sp³-hybridized carbons (Fsp3) is 0.176. The molecule has 7 nitrogen and oxygen atoms in total. The topological polar surface area (TPSA) is 89.8 Å². The highest BCUT2D eigenvalue weighted by atomic mass is 32.2. The number of aryl methyl sites for hydroxylation is 1. The number of hydrogen-bond donors (Lipinski definition) is 0. The summed E-state index contributed by atoms with van der Waals surface area (Å²) in [6, 6.07) is 14.0. The van der Waals surface area contributed by atoms with Gasteiger partial charge in [0.2, 0.25) is 0 Å². The number of methoxy groups -OCH3 is 1. The lowest BCUT2D eigenvalue weighted by Gasteiger charge is -2.19. The van der Waals surface area contributed by atoms with Crippen molar-refractivity contribution in [1.82, 2.24) is 4.41 Å². The van der Waals surface area contributed by atoms with E-state index in [0.717, 1.165) is 19.7 Å². The van der Waals surface area contributed by atoms with E-state index in [4.69, 9.17) is 0 Å². The average molecular weight is 362 g/mol. The minimum atomic E-state index is -4.13. The van der Waals surface area contributed by atoms with E-state index in [1.807, 2.05) is 6.92 Å². The van der Waals surface area contributed by atoms with Gasteiger partial charge in [-0.2, -0.15) is 8.42 Å². The van der Waals surface area contributed by atoms with E-state index in [9.17, 15) is 18.4 Å². The maximum Gasteiger partial charge on any atom is 0.407 e. The lowest BCUT2D eigenvalue weighted by atomic mass is 10.1. The number of hydrazine groups is 1. The second kappa shape index (κ2) is 7.35. The minimum absolute atomic E-state index is 0.0242. The Labute approximate surface area is 146 Å². The van der Waals surface area contributed by atoms with E-state index < -0.39 is 21.7 Å². The van der Waals surface area contributed by atoms with Gasteiger partial charge in [-0.15, -0.1) is 0 Å². The fourth-order valence-electron chi connectivity index (χ4n) is 2.10. The Morgan fingerprint density at radius 3 is 2.16 bits per heavy atom. The maximum absolute atomic E-state index is 12.7. The summed E-state index contributed by atoms with van der Waals surface area (Å²) in [6.45, 7) is 1.82. The molecule has 0 aromatic heterocycles. The normalized spacial score (nSPS) is 12.3. The van der Waals surface area contributed by atoms with Crippen molar-refractivity contribution in [2.45, 2.75) is 11.8 Å². The Morgan fingerprint density at radius 1 is 1.08 bits per heavy atom. The smallest absolute Gasteiger partial charge is 0.407 e.